The van der Waals surface area contributed by atoms with Gasteiger partial charge in [0.05, 0.1) is 5.56 Å². The van der Waals surface area contributed by atoms with Crippen LogP contribution in [-0.4, -0.2) is 12.3 Å². The molecule has 0 fully saturated rings. The van der Waals surface area contributed by atoms with Crippen molar-refractivity contribution in [1.29, 1.82) is 0 Å². The molecule has 0 saturated carbocycles. The van der Waals surface area contributed by atoms with Crippen LogP contribution in [0.15, 0.2) is 16.6 Å². The van der Waals surface area contributed by atoms with Crippen molar-refractivity contribution < 1.29 is 9.18 Å². The first-order chi connectivity index (χ1) is 6.68. The van der Waals surface area contributed by atoms with Gasteiger partial charge < -0.3 is 5.32 Å². The summed E-state index contributed by atoms with van der Waals surface area (Å²) in [6, 6.07) is 3.06. The predicted octanol–water partition coefficient (Wildman–Crippen LogP) is 2.98. The Kier molecular flexibility index (Phi) is 2.54. The zero-order valence-electron chi connectivity index (χ0n) is 7.44. The number of carbonyl (C=O) groups is 1. The van der Waals surface area contributed by atoms with E-state index >= 15 is 0 Å². The molecule has 2 rings (SSSR count). The van der Waals surface area contributed by atoms with Crippen molar-refractivity contribution in [3.63, 3.8) is 0 Å². The topological polar surface area (TPSA) is 29.1 Å². The Hall–Kier alpha value is -0.900. The molecule has 1 N–H and O–H groups in total. The number of benzene rings is 1. The third kappa shape index (κ3) is 1.66. The second kappa shape index (κ2) is 3.69. The first kappa shape index (κ1) is 9.65. The van der Waals surface area contributed by atoms with Gasteiger partial charge >= 0.3 is 0 Å². The molecule has 0 bridgehead atoms. The van der Waals surface area contributed by atoms with Crippen LogP contribution in [-0.2, 0) is 0 Å². The molecule has 0 amide bonds. The van der Waals surface area contributed by atoms with Gasteiger partial charge in [-0.2, -0.15) is 0 Å². The Morgan fingerprint density at radius 3 is 3.00 bits per heavy atom. The molecular formula is C10H9BrFNO. The minimum atomic E-state index is -0.450. The SMILES string of the molecule is O=C1CCCNc2cc(Br)cc(F)c21. The molecule has 1 aromatic rings. The molecule has 2 nitrogen and oxygen atoms in total. The lowest BCUT2D eigenvalue weighted by atomic mass is 10.1. The van der Waals surface area contributed by atoms with Crippen LogP contribution >= 0.6 is 15.9 Å². The van der Waals surface area contributed by atoms with Crippen molar-refractivity contribution in [2.24, 2.45) is 0 Å². The fraction of sp³-hybridized carbons (Fsp3) is 0.300. The molecule has 1 heterocycles. The van der Waals surface area contributed by atoms with Crippen molar-refractivity contribution in [1.82, 2.24) is 0 Å². The summed E-state index contributed by atoms with van der Waals surface area (Å²) in [7, 11) is 0. The Balaban J connectivity index is 2.58. The van der Waals surface area contributed by atoms with E-state index in [0.29, 0.717) is 23.1 Å². The van der Waals surface area contributed by atoms with E-state index in [0.717, 1.165) is 6.42 Å². The molecule has 0 aromatic heterocycles. The Morgan fingerprint density at radius 2 is 2.21 bits per heavy atom. The number of Topliss-reactive ketones (excluding diaryl/α,β-unsaturated/α-hetero) is 1. The lowest BCUT2D eigenvalue weighted by Crippen LogP contribution is -2.03. The normalized spacial score (nSPS) is 15.7. The van der Waals surface area contributed by atoms with Crippen LogP contribution in [0.5, 0.6) is 0 Å². The zero-order chi connectivity index (χ0) is 10.1. The van der Waals surface area contributed by atoms with E-state index < -0.39 is 5.82 Å². The van der Waals surface area contributed by atoms with Crippen LogP contribution in [0.4, 0.5) is 10.1 Å². The lowest BCUT2D eigenvalue weighted by molar-refractivity contribution is 0.0980. The maximum absolute atomic E-state index is 13.5. The molecule has 0 spiro atoms. The summed E-state index contributed by atoms with van der Waals surface area (Å²) in [6.45, 7) is 0.717. The Labute approximate surface area is 89.6 Å². The molecular weight excluding hydrogens is 249 g/mol. The molecule has 0 saturated heterocycles. The molecule has 0 unspecified atom stereocenters. The molecule has 1 aromatic carbocycles. The average molecular weight is 258 g/mol. The number of halogens is 2. The van der Waals surface area contributed by atoms with Crippen LogP contribution in [0.2, 0.25) is 0 Å². The van der Waals surface area contributed by atoms with E-state index in [1.54, 1.807) is 6.07 Å². The standard InChI is InChI=1S/C10H9BrFNO/c11-6-4-7(12)10-8(5-6)13-3-1-2-9(10)14/h4-5,13H,1-3H2. The van der Waals surface area contributed by atoms with Crippen molar-refractivity contribution in [2.45, 2.75) is 12.8 Å². The largest absolute Gasteiger partial charge is 0.384 e. The highest BCUT2D eigenvalue weighted by Gasteiger charge is 2.19. The van der Waals surface area contributed by atoms with Crippen LogP contribution in [0.1, 0.15) is 23.2 Å². The highest BCUT2D eigenvalue weighted by molar-refractivity contribution is 9.10. The predicted molar refractivity (Wildman–Crippen MR) is 56.2 cm³/mol. The van der Waals surface area contributed by atoms with Gasteiger partial charge in [0.2, 0.25) is 0 Å². The number of nitrogens with one attached hydrogen (secondary N) is 1. The summed E-state index contributed by atoms with van der Waals surface area (Å²) in [5.41, 5.74) is 0.796. The van der Waals surface area contributed by atoms with Crippen molar-refractivity contribution >= 4 is 27.4 Å². The second-order valence-electron chi connectivity index (χ2n) is 3.26. The molecule has 1 aliphatic rings. The van der Waals surface area contributed by atoms with E-state index in [1.807, 2.05) is 0 Å². The minimum Gasteiger partial charge on any atom is -0.384 e. The first-order valence-corrected chi connectivity index (χ1v) is 5.24. The van der Waals surface area contributed by atoms with Crippen LogP contribution in [0.25, 0.3) is 0 Å². The summed E-state index contributed by atoms with van der Waals surface area (Å²) in [5, 5.41) is 3.05. The van der Waals surface area contributed by atoms with E-state index in [4.69, 9.17) is 0 Å². The van der Waals surface area contributed by atoms with Gasteiger partial charge in [-0.25, -0.2) is 4.39 Å². The van der Waals surface area contributed by atoms with Gasteiger partial charge in [-0.1, -0.05) is 15.9 Å². The third-order valence-electron chi connectivity index (χ3n) is 2.23. The van der Waals surface area contributed by atoms with Crippen molar-refractivity contribution in [3.05, 3.63) is 28.0 Å². The van der Waals surface area contributed by atoms with Crippen molar-refractivity contribution in [2.75, 3.05) is 11.9 Å². The average Bonchev–Trinajstić information content (AvgIpc) is 2.27. The third-order valence-corrected chi connectivity index (χ3v) is 2.69. The number of hydrogen-bond acceptors (Lipinski definition) is 2. The summed E-state index contributed by atoms with van der Waals surface area (Å²) in [6.07, 6.45) is 1.17. The van der Waals surface area contributed by atoms with Gasteiger partial charge in [-0.15, -0.1) is 0 Å². The summed E-state index contributed by atoms with van der Waals surface area (Å²) in [4.78, 5) is 11.5. The van der Waals surface area contributed by atoms with Gasteiger partial charge in [0.25, 0.3) is 0 Å². The molecule has 14 heavy (non-hydrogen) atoms. The maximum Gasteiger partial charge on any atom is 0.167 e. The smallest absolute Gasteiger partial charge is 0.167 e. The van der Waals surface area contributed by atoms with Gasteiger partial charge in [-0.05, 0) is 18.6 Å². The summed E-state index contributed by atoms with van der Waals surface area (Å²) in [5.74, 6) is -0.566. The fourth-order valence-corrected chi connectivity index (χ4v) is 2.02. The van der Waals surface area contributed by atoms with Gasteiger partial charge in [0, 0.05) is 23.1 Å². The highest BCUT2D eigenvalue weighted by atomic mass is 79.9. The molecule has 4 heteroatoms. The quantitative estimate of drug-likeness (QED) is 0.775. The molecule has 74 valence electrons. The molecule has 0 atom stereocenters. The van der Waals surface area contributed by atoms with E-state index in [2.05, 4.69) is 21.2 Å². The van der Waals surface area contributed by atoms with Crippen LogP contribution in [0.3, 0.4) is 0 Å². The molecule has 1 aliphatic heterocycles. The maximum atomic E-state index is 13.5. The van der Waals surface area contributed by atoms with Crippen molar-refractivity contribution in [3.8, 4) is 0 Å². The van der Waals surface area contributed by atoms with Gasteiger partial charge in [-0.3, -0.25) is 4.79 Å². The van der Waals surface area contributed by atoms with E-state index in [-0.39, 0.29) is 11.3 Å². The van der Waals surface area contributed by atoms with Crippen LogP contribution in [0, 0.1) is 5.82 Å². The summed E-state index contributed by atoms with van der Waals surface area (Å²) < 4.78 is 14.1. The zero-order valence-corrected chi connectivity index (χ0v) is 9.03. The first-order valence-electron chi connectivity index (χ1n) is 4.44. The van der Waals surface area contributed by atoms with Gasteiger partial charge in [0.1, 0.15) is 5.82 Å². The number of carbonyl (C=O) groups excluding carboxylic acids is 1. The fourth-order valence-electron chi connectivity index (χ4n) is 1.59. The number of fused-ring (bicyclic) bond motifs is 1. The summed E-state index contributed by atoms with van der Waals surface area (Å²) >= 11 is 3.20. The number of anilines is 1. The number of hydrogen-bond donors (Lipinski definition) is 1. The minimum absolute atomic E-state index is 0.116. The molecule has 0 aliphatic carbocycles. The Bertz CT molecular complexity index is 392. The van der Waals surface area contributed by atoms with Gasteiger partial charge in [0.15, 0.2) is 5.78 Å². The van der Waals surface area contributed by atoms with E-state index in [1.165, 1.54) is 6.07 Å². The van der Waals surface area contributed by atoms with Crippen LogP contribution < -0.4 is 5.32 Å². The highest BCUT2D eigenvalue weighted by Crippen LogP contribution is 2.28. The monoisotopic (exact) mass is 257 g/mol. The van der Waals surface area contributed by atoms with E-state index in [9.17, 15) is 9.18 Å². The number of rotatable bonds is 0. The molecule has 0 radical (unpaired) electrons. The number of ketones is 1. The second-order valence-corrected chi connectivity index (χ2v) is 4.18. The lowest BCUT2D eigenvalue weighted by Gasteiger charge is -2.07. The Morgan fingerprint density at radius 1 is 1.43 bits per heavy atom.